The Morgan fingerprint density at radius 1 is 0.214 bits per heavy atom. The van der Waals surface area contributed by atoms with Crippen molar-refractivity contribution >= 4 is 43.1 Å². The molecule has 56 heavy (non-hydrogen) atoms. The Morgan fingerprint density at radius 3 is 1.20 bits per heavy atom. The summed E-state index contributed by atoms with van der Waals surface area (Å²) in [5.74, 6) is 0. The van der Waals surface area contributed by atoms with Gasteiger partial charge in [-0.05, 0) is 171 Å². The Balaban J connectivity index is 1.23. The van der Waals surface area contributed by atoms with E-state index in [1.165, 1.54) is 143 Å². The number of hydrogen-bond acceptors (Lipinski definition) is 0. The van der Waals surface area contributed by atoms with Gasteiger partial charge in [0.25, 0.3) is 0 Å². The van der Waals surface area contributed by atoms with Crippen molar-refractivity contribution < 1.29 is 0 Å². The van der Waals surface area contributed by atoms with Crippen LogP contribution in [0.15, 0.2) is 158 Å². The van der Waals surface area contributed by atoms with Gasteiger partial charge in [0.1, 0.15) is 0 Å². The Bertz CT molecular complexity index is 3270. The summed E-state index contributed by atoms with van der Waals surface area (Å²) in [6.45, 7) is 9.25. The molecular weight excluding hydrogens is 673 g/mol. The van der Waals surface area contributed by atoms with Crippen LogP contribution in [0, 0.1) is 27.7 Å². The van der Waals surface area contributed by atoms with Crippen LogP contribution in [0.3, 0.4) is 0 Å². The maximum Gasteiger partial charge on any atom is -0.000741 e. The second-order valence-electron chi connectivity index (χ2n) is 15.9. The third-order valence-corrected chi connectivity index (χ3v) is 13.4. The second kappa shape index (κ2) is 11.4. The molecule has 0 amide bonds. The molecule has 0 heteroatoms. The molecule has 10 aromatic rings. The molecule has 0 atom stereocenters. The number of benzene rings is 10. The highest BCUT2D eigenvalue weighted by Gasteiger charge is 2.34. The highest BCUT2D eigenvalue weighted by Crippen LogP contribution is 2.61. The predicted octanol–water partition coefficient (Wildman–Crippen LogP) is 15.8. The monoisotopic (exact) mass is 710 g/mol. The lowest BCUT2D eigenvalue weighted by molar-refractivity contribution is 1.23. The van der Waals surface area contributed by atoms with Crippen molar-refractivity contribution in [3.8, 4) is 77.9 Å². The third kappa shape index (κ3) is 3.93. The SMILES string of the molecule is Cc1c(C)c(C)c2c(c1C)-c1cccc3c(-c4ccc5c6c(cccc46)-c4c-5c(-c5ccccc5)c5ccccc5c4-c4ccccc4)c4ccccc4c-2c13. The van der Waals surface area contributed by atoms with Crippen molar-refractivity contribution in [1.29, 1.82) is 0 Å². The van der Waals surface area contributed by atoms with Gasteiger partial charge in [-0.25, -0.2) is 0 Å². The molecule has 0 fully saturated rings. The summed E-state index contributed by atoms with van der Waals surface area (Å²) in [4.78, 5) is 0. The van der Waals surface area contributed by atoms with E-state index in [1.807, 2.05) is 0 Å². The van der Waals surface area contributed by atoms with E-state index >= 15 is 0 Å². The first-order valence-corrected chi connectivity index (χ1v) is 19.9. The van der Waals surface area contributed by atoms with Crippen molar-refractivity contribution in [2.24, 2.45) is 0 Å². The van der Waals surface area contributed by atoms with Crippen LogP contribution in [-0.4, -0.2) is 0 Å². The quantitative estimate of drug-likeness (QED) is 0.160. The summed E-state index contributed by atoms with van der Waals surface area (Å²) >= 11 is 0. The fraction of sp³-hybridized carbons (Fsp3) is 0.0714. The highest BCUT2D eigenvalue weighted by atomic mass is 14.4. The Kier molecular flexibility index (Phi) is 6.42. The molecule has 0 N–H and O–H groups in total. The van der Waals surface area contributed by atoms with Gasteiger partial charge in [0.15, 0.2) is 0 Å². The molecule has 0 unspecified atom stereocenters. The first-order chi connectivity index (χ1) is 27.5. The maximum atomic E-state index is 2.44. The normalized spacial score (nSPS) is 12.3. The summed E-state index contributed by atoms with van der Waals surface area (Å²) in [7, 11) is 0. The van der Waals surface area contributed by atoms with E-state index in [0.717, 1.165) is 0 Å². The average Bonchev–Trinajstić information content (AvgIpc) is 3.78. The van der Waals surface area contributed by atoms with Crippen molar-refractivity contribution in [1.82, 2.24) is 0 Å². The first-order valence-electron chi connectivity index (χ1n) is 19.9. The Labute approximate surface area is 327 Å². The minimum atomic E-state index is 1.25. The topological polar surface area (TPSA) is 0 Å². The summed E-state index contributed by atoms with van der Waals surface area (Å²) in [6.07, 6.45) is 0. The molecule has 0 aromatic heterocycles. The van der Waals surface area contributed by atoms with Crippen LogP contribution in [0.25, 0.3) is 121 Å². The minimum Gasteiger partial charge on any atom is -0.0622 e. The standard InChI is InChI=1S/C56H38/c1-31-32(2)34(4)48-47(33(31)3)43-26-16-27-44-51(39-23-13-14-24-41(39)54(48)53(43)44)42-29-30-46-52-40(42)25-15-28-45(52)55-49(35-17-7-5-8-18-35)37-21-11-12-22-38(37)50(56(46)55)36-19-9-6-10-20-36/h5-30H,1-4H3. The van der Waals surface area contributed by atoms with E-state index < -0.39 is 0 Å². The number of fused-ring (bicyclic) bond motifs is 9. The fourth-order valence-corrected chi connectivity index (χ4v) is 10.8. The molecule has 0 heterocycles. The summed E-state index contributed by atoms with van der Waals surface area (Å²) in [5, 5.41) is 10.6. The van der Waals surface area contributed by atoms with Crippen LogP contribution < -0.4 is 0 Å². The van der Waals surface area contributed by atoms with Gasteiger partial charge in [-0.2, -0.15) is 0 Å². The lowest BCUT2D eigenvalue weighted by Crippen LogP contribution is -1.96. The second-order valence-corrected chi connectivity index (χ2v) is 15.9. The van der Waals surface area contributed by atoms with Crippen LogP contribution in [0.1, 0.15) is 22.3 Å². The molecule has 2 aliphatic rings. The zero-order valence-corrected chi connectivity index (χ0v) is 32.0. The van der Waals surface area contributed by atoms with Crippen molar-refractivity contribution in [2.45, 2.75) is 27.7 Å². The van der Waals surface area contributed by atoms with E-state index in [4.69, 9.17) is 0 Å². The Morgan fingerprint density at radius 2 is 0.625 bits per heavy atom. The van der Waals surface area contributed by atoms with Crippen LogP contribution in [0.4, 0.5) is 0 Å². The van der Waals surface area contributed by atoms with E-state index in [2.05, 4.69) is 185 Å². The van der Waals surface area contributed by atoms with Gasteiger partial charge in [0, 0.05) is 0 Å². The lowest BCUT2D eigenvalue weighted by Gasteiger charge is -2.20. The molecular formula is C56H38. The molecule has 0 spiro atoms. The van der Waals surface area contributed by atoms with Crippen molar-refractivity contribution in [3.63, 3.8) is 0 Å². The molecule has 0 saturated heterocycles. The van der Waals surface area contributed by atoms with E-state index in [-0.39, 0.29) is 0 Å². The van der Waals surface area contributed by atoms with Crippen LogP contribution >= 0.6 is 0 Å². The largest absolute Gasteiger partial charge is 0.0622 e. The molecule has 0 nitrogen and oxygen atoms in total. The molecule has 12 rings (SSSR count). The molecule has 2 aliphatic carbocycles. The molecule has 0 saturated carbocycles. The van der Waals surface area contributed by atoms with Gasteiger partial charge < -0.3 is 0 Å². The maximum absolute atomic E-state index is 2.44. The first kappa shape index (κ1) is 31.6. The third-order valence-electron chi connectivity index (χ3n) is 13.4. The van der Waals surface area contributed by atoms with Crippen molar-refractivity contribution in [3.05, 3.63) is 180 Å². The Hall–Kier alpha value is -6.76. The van der Waals surface area contributed by atoms with Gasteiger partial charge in [-0.3, -0.25) is 0 Å². The molecule has 0 aliphatic heterocycles. The van der Waals surface area contributed by atoms with Crippen LogP contribution in [0.2, 0.25) is 0 Å². The average molecular weight is 711 g/mol. The van der Waals surface area contributed by atoms with Gasteiger partial charge in [0.2, 0.25) is 0 Å². The zero-order valence-electron chi connectivity index (χ0n) is 32.0. The molecule has 0 bridgehead atoms. The summed E-state index contributed by atoms with van der Waals surface area (Å²) in [6, 6.07) is 59.2. The number of rotatable bonds is 3. The minimum absolute atomic E-state index is 1.25. The van der Waals surface area contributed by atoms with Gasteiger partial charge in [0.05, 0.1) is 0 Å². The lowest BCUT2D eigenvalue weighted by atomic mass is 9.82. The molecule has 0 radical (unpaired) electrons. The predicted molar refractivity (Wildman–Crippen MR) is 241 cm³/mol. The summed E-state index contributed by atoms with van der Waals surface area (Å²) < 4.78 is 0. The highest BCUT2D eigenvalue weighted by molar-refractivity contribution is 6.33. The number of hydrogen-bond donors (Lipinski definition) is 0. The molecule has 10 aromatic carbocycles. The van der Waals surface area contributed by atoms with Gasteiger partial charge >= 0.3 is 0 Å². The summed E-state index contributed by atoms with van der Waals surface area (Å²) in [5.41, 5.74) is 24.3. The van der Waals surface area contributed by atoms with E-state index in [0.29, 0.717) is 0 Å². The van der Waals surface area contributed by atoms with Gasteiger partial charge in [-0.1, -0.05) is 158 Å². The van der Waals surface area contributed by atoms with Crippen LogP contribution in [-0.2, 0) is 0 Å². The van der Waals surface area contributed by atoms with E-state index in [1.54, 1.807) is 0 Å². The van der Waals surface area contributed by atoms with Crippen LogP contribution in [0.5, 0.6) is 0 Å². The fourth-order valence-electron chi connectivity index (χ4n) is 10.8. The van der Waals surface area contributed by atoms with E-state index in [9.17, 15) is 0 Å². The van der Waals surface area contributed by atoms with Gasteiger partial charge in [-0.15, -0.1) is 0 Å². The smallest absolute Gasteiger partial charge is 0.000741 e. The molecule has 262 valence electrons. The van der Waals surface area contributed by atoms with Crippen molar-refractivity contribution in [2.75, 3.05) is 0 Å². The zero-order chi connectivity index (χ0) is 37.4.